The molecular formula is C15H21NO4. The number of carboxylic acids is 1. The number of carbonyl (C=O) groups excluding carboxylic acids is 1. The molecule has 0 saturated heterocycles. The van der Waals surface area contributed by atoms with Crippen LogP contribution < -0.4 is 5.73 Å². The molecule has 1 atom stereocenters. The fourth-order valence-electron chi connectivity index (χ4n) is 2.20. The van der Waals surface area contributed by atoms with Crippen LogP contribution in [0.2, 0.25) is 0 Å². The summed E-state index contributed by atoms with van der Waals surface area (Å²) in [6.07, 6.45) is 0.999. The molecule has 0 saturated carbocycles. The lowest BCUT2D eigenvalue weighted by Gasteiger charge is -2.30. The summed E-state index contributed by atoms with van der Waals surface area (Å²) in [4.78, 5) is 23.5. The first-order valence-corrected chi connectivity index (χ1v) is 6.70. The van der Waals surface area contributed by atoms with Gasteiger partial charge in [-0.25, -0.2) is 9.59 Å². The first-order chi connectivity index (χ1) is 9.46. The molecular weight excluding hydrogens is 258 g/mol. The molecule has 0 bridgehead atoms. The third-order valence-electron chi connectivity index (χ3n) is 3.53. The quantitative estimate of drug-likeness (QED) is 0.588. The molecule has 5 nitrogen and oxygen atoms in total. The zero-order valence-corrected chi connectivity index (χ0v) is 11.8. The normalized spacial score (nSPS) is 13.8. The van der Waals surface area contributed by atoms with E-state index >= 15 is 0 Å². The van der Waals surface area contributed by atoms with E-state index in [1.165, 1.54) is 0 Å². The molecule has 3 N–H and O–H groups in total. The highest BCUT2D eigenvalue weighted by Crippen LogP contribution is 2.24. The van der Waals surface area contributed by atoms with Gasteiger partial charge in [0, 0.05) is 0 Å². The van der Waals surface area contributed by atoms with Crippen molar-refractivity contribution >= 4 is 11.9 Å². The van der Waals surface area contributed by atoms with Crippen LogP contribution in [0.15, 0.2) is 30.3 Å². The maximum absolute atomic E-state index is 12.1. The third kappa shape index (κ3) is 3.36. The van der Waals surface area contributed by atoms with E-state index in [1.54, 1.807) is 12.1 Å². The van der Waals surface area contributed by atoms with Crippen LogP contribution in [0.3, 0.4) is 0 Å². The average molecular weight is 279 g/mol. The molecule has 0 aliphatic heterocycles. The molecule has 1 rings (SSSR count). The fraction of sp³-hybridized carbons (Fsp3) is 0.467. The summed E-state index contributed by atoms with van der Waals surface area (Å²) in [6.45, 7) is 3.64. The molecule has 0 unspecified atom stereocenters. The van der Waals surface area contributed by atoms with Crippen LogP contribution in [0.1, 0.15) is 32.3 Å². The second kappa shape index (κ2) is 7.05. The number of benzene rings is 1. The van der Waals surface area contributed by atoms with Crippen LogP contribution in [0, 0.1) is 5.92 Å². The van der Waals surface area contributed by atoms with Gasteiger partial charge in [0.15, 0.2) is 0 Å². The predicted molar refractivity (Wildman–Crippen MR) is 74.9 cm³/mol. The molecule has 0 heterocycles. The second-order valence-corrected chi connectivity index (χ2v) is 4.75. The Hall–Kier alpha value is -1.88. The van der Waals surface area contributed by atoms with Crippen LogP contribution in [-0.4, -0.2) is 22.6 Å². The van der Waals surface area contributed by atoms with Crippen LogP contribution >= 0.6 is 0 Å². The van der Waals surface area contributed by atoms with Crippen molar-refractivity contribution in [2.75, 3.05) is 0 Å². The van der Waals surface area contributed by atoms with Crippen molar-refractivity contribution in [2.45, 2.75) is 38.8 Å². The second-order valence-electron chi connectivity index (χ2n) is 4.75. The van der Waals surface area contributed by atoms with E-state index in [1.807, 2.05) is 32.0 Å². The van der Waals surface area contributed by atoms with E-state index < -0.39 is 23.4 Å². The molecule has 0 radical (unpaired) electrons. The molecule has 20 heavy (non-hydrogen) atoms. The van der Waals surface area contributed by atoms with Gasteiger partial charge >= 0.3 is 11.9 Å². The highest BCUT2D eigenvalue weighted by molar-refractivity contribution is 6.04. The van der Waals surface area contributed by atoms with Gasteiger partial charge in [0.2, 0.25) is 5.54 Å². The Morgan fingerprint density at radius 1 is 1.25 bits per heavy atom. The SMILES string of the molecule is CCC(CC)[C@](N)(C(=O)O)C(=O)OCc1ccccc1. The van der Waals surface area contributed by atoms with E-state index in [4.69, 9.17) is 10.5 Å². The summed E-state index contributed by atoms with van der Waals surface area (Å²) in [5.74, 6) is -2.69. The summed E-state index contributed by atoms with van der Waals surface area (Å²) in [5.41, 5.74) is 4.64. The summed E-state index contributed by atoms with van der Waals surface area (Å²) < 4.78 is 5.09. The van der Waals surface area contributed by atoms with E-state index in [-0.39, 0.29) is 6.61 Å². The van der Waals surface area contributed by atoms with Crippen molar-refractivity contribution in [3.63, 3.8) is 0 Å². The summed E-state index contributed by atoms with van der Waals surface area (Å²) >= 11 is 0. The smallest absolute Gasteiger partial charge is 0.338 e. The molecule has 0 aliphatic rings. The summed E-state index contributed by atoms with van der Waals surface area (Å²) in [5, 5.41) is 9.31. The molecule has 0 aliphatic carbocycles. The molecule has 110 valence electrons. The Labute approximate surface area is 118 Å². The first kappa shape index (κ1) is 16.2. The number of esters is 1. The number of rotatable bonds is 7. The van der Waals surface area contributed by atoms with E-state index in [9.17, 15) is 14.7 Å². The molecule has 0 amide bonds. The molecule has 1 aromatic carbocycles. The van der Waals surface area contributed by atoms with Crippen molar-refractivity contribution in [3.8, 4) is 0 Å². The van der Waals surface area contributed by atoms with E-state index in [0.717, 1.165) is 5.56 Å². The Morgan fingerprint density at radius 3 is 2.25 bits per heavy atom. The number of hydrogen-bond donors (Lipinski definition) is 2. The van der Waals surface area contributed by atoms with Crippen molar-refractivity contribution in [1.29, 1.82) is 0 Å². The van der Waals surface area contributed by atoms with Crippen LogP contribution in [-0.2, 0) is 20.9 Å². The zero-order valence-electron chi connectivity index (χ0n) is 11.8. The van der Waals surface area contributed by atoms with Crippen LogP contribution in [0.4, 0.5) is 0 Å². The largest absolute Gasteiger partial charge is 0.479 e. The standard InChI is InChI=1S/C15H21NO4/c1-3-12(4-2)15(16,13(17)18)14(19)20-10-11-8-6-5-7-9-11/h5-9,12H,3-4,10,16H2,1-2H3,(H,17,18)/t15-/m0/s1. The average Bonchev–Trinajstić information content (AvgIpc) is 2.46. The minimum atomic E-state index is -1.99. The number of nitrogens with two attached hydrogens (primary N) is 1. The van der Waals surface area contributed by atoms with Crippen LogP contribution in [0.25, 0.3) is 0 Å². The van der Waals surface area contributed by atoms with Gasteiger partial charge in [-0.3, -0.25) is 0 Å². The molecule has 0 fully saturated rings. The number of ether oxygens (including phenoxy) is 1. The Bertz CT molecular complexity index is 456. The monoisotopic (exact) mass is 279 g/mol. The summed E-state index contributed by atoms with van der Waals surface area (Å²) in [6, 6.07) is 9.07. The van der Waals surface area contributed by atoms with Crippen LogP contribution in [0.5, 0.6) is 0 Å². The van der Waals surface area contributed by atoms with E-state index in [2.05, 4.69) is 0 Å². The molecule has 0 aromatic heterocycles. The summed E-state index contributed by atoms with van der Waals surface area (Å²) in [7, 11) is 0. The molecule has 0 spiro atoms. The highest BCUT2D eigenvalue weighted by atomic mass is 16.5. The Balaban J connectivity index is 2.82. The fourth-order valence-corrected chi connectivity index (χ4v) is 2.20. The number of carbonyl (C=O) groups is 2. The first-order valence-electron chi connectivity index (χ1n) is 6.70. The Kier molecular flexibility index (Phi) is 5.70. The number of hydrogen-bond acceptors (Lipinski definition) is 4. The predicted octanol–water partition coefficient (Wildman–Crippen LogP) is 1.95. The van der Waals surface area contributed by atoms with Gasteiger partial charge in [-0.2, -0.15) is 0 Å². The maximum atomic E-state index is 12.1. The lowest BCUT2D eigenvalue weighted by molar-refractivity contribution is -0.165. The number of aliphatic carboxylic acids is 1. The topological polar surface area (TPSA) is 89.6 Å². The maximum Gasteiger partial charge on any atom is 0.338 e. The highest BCUT2D eigenvalue weighted by Gasteiger charge is 2.49. The van der Waals surface area contributed by atoms with Gasteiger partial charge in [-0.15, -0.1) is 0 Å². The third-order valence-corrected chi connectivity index (χ3v) is 3.53. The minimum Gasteiger partial charge on any atom is -0.479 e. The van der Waals surface area contributed by atoms with Gasteiger partial charge in [0.05, 0.1) is 0 Å². The lowest BCUT2D eigenvalue weighted by Crippen LogP contribution is -2.60. The lowest BCUT2D eigenvalue weighted by atomic mass is 9.81. The number of carboxylic acid groups (broad SMARTS) is 1. The van der Waals surface area contributed by atoms with Gasteiger partial charge in [0.25, 0.3) is 0 Å². The molecule has 1 aromatic rings. The van der Waals surface area contributed by atoms with Crippen molar-refractivity contribution < 1.29 is 19.4 Å². The van der Waals surface area contributed by atoms with Crippen molar-refractivity contribution in [3.05, 3.63) is 35.9 Å². The zero-order chi connectivity index (χ0) is 15.2. The van der Waals surface area contributed by atoms with Crippen molar-refractivity contribution in [2.24, 2.45) is 11.7 Å². The minimum absolute atomic E-state index is 0.0199. The van der Waals surface area contributed by atoms with Gasteiger partial charge < -0.3 is 15.6 Å². The van der Waals surface area contributed by atoms with E-state index in [0.29, 0.717) is 12.8 Å². The van der Waals surface area contributed by atoms with Gasteiger partial charge in [-0.05, 0) is 11.5 Å². The van der Waals surface area contributed by atoms with Gasteiger partial charge in [-0.1, -0.05) is 57.0 Å². The van der Waals surface area contributed by atoms with Crippen molar-refractivity contribution in [1.82, 2.24) is 0 Å². The molecule has 5 heteroatoms. The van der Waals surface area contributed by atoms with Gasteiger partial charge in [0.1, 0.15) is 6.61 Å². The Morgan fingerprint density at radius 2 is 1.80 bits per heavy atom.